The van der Waals surface area contributed by atoms with Gasteiger partial charge in [-0.25, -0.2) is 4.39 Å². The molecule has 1 aromatic carbocycles. The number of halogens is 2. The minimum absolute atomic E-state index is 0.0460. The first-order chi connectivity index (χ1) is 13.3. The number of carbonyl (C=O) groups excluding carboxylic acids is 1. The molecular formula is C20H16ClFN4OS. The molecule has 0 bridgehead atoms. The molecule has 0 saturated carbocycles. The number of aryl methyl sites for hydroxylation is 1. The van der Waals surface area contributed by atoms with E-state index in [0.717, 1.165) is 27.5 Å². The highest BCUT2D eigenvalue weighted by molar-refractivity contribution is 8.17. The highest BCUT2D eigenvalue weighted by Gasteiger charge is 2.33. The Balaban J connectivity index is 1.78. The van der Waals surface area contributed by atoms with E-state index in [1.165, 1.54) is 17.8 Å². The van der Waals surface area contributed by atoms with Crippen LogP contribution in [0.25, 0.3) is 11.8 Å². The van der Waals surface area contributed by atoms with E-state index >= 15 is 0 Å². The topological polar surface area (TPSA) is 61.5 Å². The van der Waals surface area contributed by atoms with Crippen molar-refractivity contribution in [2.45, 2.75) is 20.8 Å². The fourth-order valence-electron chi connectivity index (χ4n) is 3.31. The Kier molecular flexibility index (Phi) is 4.51. The first-order valence-electron chi connectivity index (χ1n) is 8.50. The number of aliphatic imine (C=N–C) groups is 1. The van der Waals surface area contributed by atoms with Crippen LogP contribution in [0, 0.1) is 25.1 Å². The molecular weight excluding hydrogens is 399 g/mol. The molecule has 1 amide bonds. The summed E-state index contributed by atoms with van der Waals surface area (Å²) in [5.41, 5.74) is 3.50. The number of allylic oxidation sites excluding steroid dienone is 1. The molecule has 2 aliphatic rings. The van der Waals surface area contributed by atoms with Crippen LogP contribution in [0.5, 0.6) is 0 Å². The number of aromatic nitrogens is 1. The Morgan fingerprint density at radius 3 is 2.71 bits per heavy atom. The molecule has 142 valence electrons. The van der Waals surface area contributed by atoms with E-state index in [0.29, 0.717) is 5.17 Å². The first kappa shape index (κ1) is 18.7. The summed E-state index contributed by atoms with van der Waals surface area (Å²) in [6.45, 7) is 5.73. The van der Waals surface area contributed by atoms with Crippen LogP contribution in [-0.2, 0) is 4.79 Å². The summed E-state index contributed by atoms with van der Waals surface area (Å²) in [5, 5.41) is 8.98. The van der Waals surface area contributed by atoms with E-state index in [2.05, 4.69) is 4.99 Å². The molecule has 2 aromatic rings. The molecule has 8 heteroatoms. The molecule has 0 saturated heterocycles. The lowest BCUT2D eigenvalue weighted by Crippen LogP contribution is -2.35. The maximum Gasteiger partial charge on any atom is 0.283 e. The molecule has 0 fully saturated rings. The van der Waals surface area contributed by atoms with Crippen molar-refractivity contribution in [2.24, 2.45) is 4.99 Å². The molecule has 0 spiro atoms. The monoisotopic (exact) mass is 414 g/mol. The van der Waals surface area contributed by atoms with Crippen molar-refractivity contribution < 1.29 is 9.18 Å². The van der Waals surface area contributed by atoms with Crippen LogP contribution in [0.1, 0.15) is 23.9 Å². The van der Waals surface area contributed by atoms with Crippen LogP contribution in [0.3, 0.4) is 0 Å². The highest BCUT2D eigenvalue weighted by atomic mass is 35.5. The minimum atomic E-state index is -0.475. The highest BCUT2D eigenvalue weighted by Crippen LogP contribution is 2.33. The minimum Gasteiger partial charge on any atom is -0.318 e. The zero-order valence-corrected chi connectivity index (χ0v) is 17.0. The fourth-order valence-corrected chi connectivity index (χ4v) is 4.30. The van der Waals surface area contributed by atoms with E-state index in [-0.39, 0.29) is 16.4 Å². The van der Waals surface area contributed by atoms with Gasteiger partial charge in [-0.15, -0.1) is 0 Å². The van der Waals surface area contributed by atoms with Crippen molar-refractivity contribution in [3.63, 3.8) is 0 Å². The van der Waals surface area contributed by atoms with Crippen LogP contribution in [-0.4, -0.2) is 26.4 Å². The van der Waals surface area contributed by atoms with E-state index in [4.69, 9.17) is 17.0 Å². The number of nitrogens with zero attached hydrogens (tertiary/aromatic N) is 3. The number of amides is 1. The van der Waals surface area contributed by atoms with Gasteiger partial charge in [0.15, 0.2) is 5.17 Å². The molecule has 28 heavy (non-hydrogen) atoms. The largest absolute Gasteiger partial charge is 0.318 e. The van der Waals surface area contributed by atoms with Gasteiger partial charge in [-0.1, -0.05) is 23.4 Å². The van der Waals surface area contributed by atoms with Gasteiger partial charge in [0, 0.05) is 28.2 Å². The lowest BCUT2D eigenvalue weighted by Gasteiger charge is -2.22. The van der Waals surface area contributed by atoms with Crippen LogP contribution in [0.4, 0.5) is 4.39 Å². The summed E-state index contributed by atoms with van der Waals surface area (Å²) < 4.78 is 15.4. The summed E-state index contributed by atoms with van der Waals surface area (Å²) in [7, 11) is 0. The van der Waals surface area contributed by atoms with Crippen LogP contribution >= 0.6 is 23.4 Å². The van der Waals surface area contributed by atoms with Crippen LogP contribution in [0.2, 0.25) is 5.02 Å². The van der Waals surface area contributed by atoms with Crippen LogP contribution < -0.4 is 0 Å². The van der Waals surface area contributed by atoms with Crippen molar-refractivity contribution in [3.05, 3.63) is 68.7 Å². The third-order valence-corrected chi connectivity index (χ3v) is 5.81. The summed E-state index contributed by atoms with van der Waals surface area (Å²) in [6.07, 6.45) is 3.48. The van der Waals surface area contributed by atoms with Gasteiger partial charge in [0.05, 0.1) is 10.6 Å². The third-order valence-electron chi connectivity index (χ3n) is 4.62. The normalized spacial score (nSPS) is 17.9. The zero-order valence-electron chi connectivity index (χ0n) is 15.4. The maximum absolute atomic E-state index is 13.5. The lowest BCUT2D eigenvalue weighted by atomic mass is 10.1. The molecule has 4 rings (SSSR count). The van der Waals surface area contributed by atoms with Gasteiger partial charge in [-0.05, 0) is 56.7 Å². The molecule has 0 aliphatic carbocycles. The van der Waals surface area contributed by atoms with Gasteiger partial charge >= 0.3 is 0 Å². The molecule has 2 aliphatic heterocycles. The van der Waals surface area contributed by atoms with E-state index < -0.39 is 11.7 Å². The second kappa shape index (κ2) is 6.76. The molecule has 5 nitrogen and oxygen atoms in total. The van der Waals surface area contributed by atoms with Crippen molar-refractivity contribution >= 4 is 46.3 Å². The van der Waals surface area contributed by atoms with Gasteiger partial charge in [0.1, 0.15) is 11.7 Å². The van der Waals surface area contributed by atoms with Crippen molar-refractivity contribution in [2.75, 3.05) is 0 Å². The van der Waals surface area contributed by atoms with E-state index in [1.54, 1.807) is 29.3 Å². The van der Waals surface area contributed by atoms with Gasteiger partial charge in [0.2, 0.25) is 0 Å². The Morgan fingerprint density at radius 1 is 1.25 bits per heavy atom. The zero-order chi connectivity index (χ0) is 20.2. The number of rotatable bonds is 2. The Morgan fingerprint density at radius 2 is 2.00 bits per heavy atom. The summed E-state index contributed by atoms with van der Waals surface area (Å²) >= 11 is 7.31. The molecule has 0 unspecified atom stereocenters. The van der Waals surface area contributed by atoms with Gasteiger partial charge in [-0.2, -0.15) is 4.99 Å². The summed E-state index contributed by atoms with van der Waals surface area (Å²) in [5.74, 6) is -0.799. The number of thioether (sulfide) groups is 1. The number of amidine groups is 2. The molecule has 0 atom stereocenters. The maximum atomic E-state index is 13.5. The van der Waals surface area contributed by atoms with Crippen molar-refractivity contribution in [3.8, 4) is 5.69 Å². The Hall–Kier alpha value is -2.64. The number of benzene rings is 1. The smallest absolute Gasteiger partial charge is 0.283 e. The van der Waals surface area contributed by atoms with Gasteiger partial charge in [0.25, 0.3) is 5.91 Å². The number of fused-ring (bicyclic) bond motifs is 1. The van der Waals surface area contributed by atoms with E-state index in [9.17, 15) is 9.18 Å². The third kappa shape index (κ3) is 3.00. The Bertz CT molecular complexity index is 1150. The molecule has 0 radical (unpaired) electrons. The van der Waals surface area contributed by atoms with Gasteiger partial charge < -0.3 is 4.57 Å². The lowest BCUT2D eigenvalue weighted by molar-refractivity contribution is -0.114. The predicted octanol–water partition coefficient (Wildman–Crippen LogP) is 5.05. The average Bonchev–Trinajstić information content (AvgIpc) is 3.13. The first-order valence-corrected chi connectivity index (χ1v) is 9.69. The number of carbonyl (C=O) groups is 1. The van der Waals surface area contributed by atoms with Crippen molar-refractivity contribution in [1.29, 1.82) is 5.41 Å². The summed E-state index contributed by atoms with van der Waals surface area (Å²) in [4.78, 5) is 19.2. The predicted molar refractivity (Wildman–Crippen MR) is 112 cm³/mol. The summed E-state index contributed by atoms with van der Waals surface area (Å²) in [6, 6.07) is 6.45. The fraction of sp³-hybridized carbons (Fsp3) is 0.150. The molecule has 3 heterocycles. The SMILES string of the molecule is CC1=CN2C(=N)/C(=C/c3cc(C)n(-c4ccc(F)c(Cl)c4)c3C)C(=O)N=C2S1. The van der Waals surface area contributed by atoms with Gasteiger partial charge in [-0.3, -0.25) is 15.1 Å². The molecule has 1 aromatic heterocycles. The van der Waals surface area contributed by atoms with Crippen LogP contribution in [0.15, 0.2) is 45.9 Å². The second-order valence-corrected chi connectivity index (χ2v) is 8.20. The number of hydrogen-bond acceptors (Lipinski definition) is 3. The number of hydrogen-bond donors (Lipinski definition) is 1. The standard InChI is InChI=1S/C20H16ClFN4OS/c1-10-6-13(12(3)26(10)14-4-5-17(22)16(21)8-14)7-15-18(23)25-9-11(2)28-20(25)24-19(15)27/h4-9,23H,1-3H3/b15-7-,23-18?. The Labute approximate surface area is 170 Å². The number of nitrogens with one attached hydrogen (secondary N) is 1. The molecule has 1 N–H and O–H groups in total. The second-order valence-electron chi connectivity index (χ2n) is 6.58. The average molecular weight is 415 g/mol. The quantitative estimate of drug-likeness (QED) is 0.699. The van der Waals surface area contributed by atoms with Crippen molar-refractivity contribution in [1.82, 2.24) is 9.47 Å². The van der Waals surface area contributed by atoms with E-state index in [1.807, 2.05) is 31.4 Å².